The highest BCUT2D eigenvalue weighted by Gasteiger charge is 2.16. The SMILES string of the molecule is NCCCCCCC(=O)NC1CCOC1. The van der Waals surface area contributed by atoms with Crippen molar-refractivity contribution in [1.29, 1.82) is 0 Å². The van der Waals surface area contributed by atoms with Crippen LogP contribution in [0.5, 0.6) is 0 Å². The number of unbranched alkanes of at least 4 members (excludes halogenated alkanes) is 3. The fraction of sp³-hybridized carbons (Fsp3) is 0.909. The van der Waals surface area contributed by atoms with Crippen molar-refractivity contribution in [3.05, 3.63) is 0 Å². The van der Waals surface area contributed by atoms with Gasteiger partial charge in [0.15, 0.2) is 0 Å². The summed E-state index contributed by atoms with van der Waals surface area (Å²) in [5.41, 5.74) is 5.39. The van der Waals surface area contributed by atoms with Crippen LogP contribution in [0.25, 0.3) is 0 Å². The Morgan fingerprint density at radius 3 is 2.80 bits per heavy atom. The van der Waals surface area contributed by atoms with E-state index in [9.17, 15) is 4.79 Å². The van der Waals surface area contributed by atoms with Crippen LogP contribution in [0, 0.1) is 0 Å². The third kappa shape index (κ3) is 5.74. The fourth-order valence-corrected chi connectivity index (χ4v) is 1.73. The molecule has 1 fully saturated rings. The molecule has 3 N–H and O–H groups in total. The smallest absolute Gasteiger partial charge is 0.220 e. The van der Waals surface area contributed by atoms with Crippen molar-refractivity contribution in [2.24, 2.45) is 5.73 Å². The Balaban J connectivity index is 1.93. The molecule has 0 aromatic heterocycles. The average Bonchev–Trinajstić information content (AvgIpc) is 2.70. The van der Waals surface area contributed by atoms with E-state index in [2.05, 4.69) is 5.32 Å². The summed E-state index contributed by atoms with van der Waals surface area (Å²) in [7, 11) is 0. The highest BCUT2D eigenvalue weighted by molar-refractivity contribution is 5.76. The van der Waals surface area contributed by atoms with Gasteiger partial charge in [0.1, 0.15) is 0 Å². The molecule has 1 aliphatic heterocycles. The molecule has 1 unspecified atom stereocenters. The van der Waals surface area contributed by atoms with Crippen LogP contribution in [-0.2, 0) is 9.53 Å². The number of nitrogens with two attached hydrogens (primary N) is 1. The maximum absolute atomic E-state index is 11.4. The Hall–Kier alpha value is -0.610. The lowest BCUT2D eigenvalue weighted by Crippen LogP contribution is -2.34. The normalized spacial score (nSPS) is 20.5. The van der Waals surface area contributed by atoms with Crippen LogP contribution in [0.15, 0.2) is 0 Å². The zero-order valence-electron chi connectivity index (χ0n) is 9.34. The minimum atomic E-state index is 0.165. The molecule has 0 saturated carbocycles. The molecule has 1 saturated heterocycles. The summed E-state index contributed by atoms with van der Waals surface area (Å²) in [6.45, 7) is 2.21. The van der Waals surface area contributed by atoms with Gasteiger partial charge in [-0.15, -0.1) is 0 Å². The van der Waals surface area contributed by atoms with E-state index in [4.69, 9.17) is 10.5 Å². The van der Waals surface area contributed by atoms with Gasteiger partial charge in [-0.1, -0.05) is 12.8 Å². The first-order chi connectivity index (χ1) is 7.33. The molecule has 0 spiro atoms. The second-order valence-electron chi connectivity index (χ2n) is 4.08. The standard InChI is InChI=1S/C11H22N2O2/c12-7-4-2-1-3-5-11(14)13-10-6-8-15-9-10/h10H,1-9,12H2,(H,13,14). The summed E-state index contributed by atoms with van der Waals surface area (Å²) < 4.78 is 5.19. The Kier molecular flexibility index (Phi) is 6.36. The summed E-state index contributed by atoms with van der Waals surface area (Å²) in [6, 6.07) is 0.251. The van der Waals surface area contributed by atoms with Gasteiger partial charge < -0.3 is 15.8 Å². The number of hydrogen-bond acceptors (Lipinski definition) is 3. The summed E-state index contributed by atoms with van der Waals surface area (Å²) in [4.78, 5) is 11.4. The molecule has 0 aliphatic carbocycles. The fourth-order valence-electron chi connectivity index (χ4n) is 1.73. The van der Waals surface area contributed by atoms with Gasteiger partial charge in [-0.25, -0.2) is 0 Å². The zero-order chi connectivity index (χ0) is 10.9. The maximum Gasteiger partial charge on any atom is 0.220 e. The van der Waals surface area contributed by atoms with E-state index in [1.165, 1.54) is 0 Å². The first-order valence-corrected chi connectivity index (χ1v) is 5.90. The summed E-state index contributed by atoms with van der Waals surface area (Å²) in [6.07, 6.45) is 5.87. The number of carbonyl (C=O) groups is 1. The van der Waals surface area contributed by atoms with E-state index >= 15 is 0 Å². The van der Waals surface area contributed by atoms with Gasteiger partial charge in [0.2, 0.25) is 5.91 Å². The van der Waals surface area contributed by atoms with Crippen LogP contribution in [0.3, 0.4) is 0 Å². The van der Waals surface area contributed by atoms with Crippen molar-refractivity contribution in [2.75, 3.05) is 19.8 Å². The van der Waals surface area contributed by atoms with E-state index < -0.39 is 0 Å². The molecule has 88 valence electrons. The number of amides is 1. The van der Waals surface area contributed by atoms with Crippen molar-refractivity contribution in [1.82, 2.24) is 5.32 Å². The molecule has 15 heavy (non-hydrogen) atoms. The van der Waals surface area contributed by atoms with Crippen LogP contribution >= 0.6 is 0 Å². The predicted octanol–water partition coefficient (Wildman–Crippen LogP) is 0.801. The van der Waals surface area contributed by atoms with E-state index in [1.807, 2.05) is 0 Å². The minimum Gasteiger partial charge on any atom is -0.379 e. The predicted molar refractivity (Wildman–Crippen MR) is 59.5 cm³/mol. The molecular formula is C11H22N2O2. The van der Waals surface area contributed by atoms with Crippen LogP contribution in [0.4, 0.5) is 0 Å². The van der Waals surface area contributed by atoms with E-state index in [0.29, 0.717) is 13.0 Å². The van der Waals surface area contributed by atoms with Crippen molar-refractivity contribution >= 4 is 5.91 Å². The molecule has 0 aromatic carbocycles. The lowest BCUT2D eigenvalue weighted by molar-refractivity contribution is -0.121. The van der Waals surface area contributed by atoms with Gasteiger partial charge in [-0.05, 0) is 25.8 Å². The van der Waals surface area contributed by atoms with Crippen LogP contribution in [-0.4, -0.2) is 31.7 Å². The van der Waals surface area contributed by atoms with Gasteiger partial charge in [0.25, 0.3) is 0 Å². The molecule has 0 radical (unpaired) electrons. The number of rotatable bonds is 7. The Labute approximate surface area is 91.5 Å². The van der Waals surface area contributed by atoms with Crippen molar-refractivity contribution in [3.63, 3.8) is 0 Å². The second-order valence-corrected chi connectivity index (χ2v) is 4.08. The largest absolute Gasteiger partial charge is 0.379 e. The number of ether oxygens (including phenoxy) is 1. The van der Waals surface area contributed by atoms with Gasteiger partial charge >= 0.3 is 0 Å². The average molecular weight is 214 g/mol. The quantitative estimate of drug-likeness (QED) is 0.616. The molecule has 1 heterocycles. The molecule has 1 aliphatic rings. The van der Waals surface area contributed by atoms with Crippen molar-refractivity contribution in [2.45, 2.75) is 44.6 Å². The maximum atomic E-state index is 11.4. The molecule has 1 atom stereocenters. The topological polar surface area (TPSA) is 64.4 Å². The van der Waals surface area contributed by atoms with Crippen LogP contribution < -0.4 is 11.1 Å². The molecular weight excluding hydrogens is 192 g/mol. The van der Waals surface area contributed by atoms with Gasteiger partial charge in [0.05, 0.1) is 12.6 Å². The van der Waals surface area contributed by atoms with E-state index in [0.717, 1.165) is 45.3 Å². The van der Waals surface area contributed by atoms with Crippen LogP contribution in [0.2, 0.25) is 0 Å². The Bertz CT molecular complexity index is 179. The van der Waals surface area contributed by atoms with Crippen molar-refractivity contribution < 1.29 is 9.53 Å². The monoisotopic (exact) mass is 214 g/mol. The van der Waals surface area contributed by atoms with Crippen LogP contribution in [0.1, 0.15) is 38.5 Å². The molecule has 0 aromatic rings. The van der Waals surface area contributed by atoms with Gasteiger partial charge in [0, 0.05) is 13.0 Å². The number of carbonyl (C=O) groups excluding carboxylic acids is 1. The lowest BCUT2D eigenvalue weighted by Gasteiger charge is -2.10. The first-order valence-electron chi connectivity index (χ1n) is 5.90. The Morgan fingerprint density at radius 1 is 1.33 bits per heavy atom. The van der Waals surface area contributed by atoms with Crippen molar-refractivity contribution in [3.8, 4) is 0 Å². The van der Waals surface area contributed by atoms with E-state index in [1.54, 1.807) is 0 Å². The summed E-state index contributed by atoms with van der Waals surface area (Å²) in [5.74, 6) is 0.165. The number of hydrogen-bond donors (Lipinski definition) is 2. The molecule has 0 bridgehead atoms. The lowest BCUT2D eigenvalue weighted by atomic mass is 10.1. The van der Waals surface area contributed by atoms with E-state index in [-0.39, 0.29) is 11.9 Å². The molecule has 4 heteroatoms. The third-order valence-corrected chi connectivity index (χ3v) is 2.65. The first kappa shape index (κ1) is 12.5. The molecule has 1 rings (SSSR count). The zero-order valence-corrected chi connectivity index (χ0v) is 9.34. The van der Waals surface area contributed by atoms with Gasteiger partial charge in [-0.2, -0.15) is 0 Å². The minimum absolute atomic E-state index is 0.165. The molecule has 1 amide bonds. The van der Waals surface area contributed by atoms with Gasteiger partial charge in [-0.3, -0.25) is 4.79 Å². The summed E-state index contributed by atoms with van der Waals surface area (Å²) in [5, 5.41) is 2.98. The third-order valence-electron chi connectivity index (χ3n) is 2.65. The summed E-state index contributed by atoms with van der Waals surface area (Å²) >= 11 is 0. The highest BCUT2D eigenvalue weighted by atomic mass is 16.5. The second kappa shape index (κ2) is 7.65. The number of nitrogens with one attached hydrogen (secondary N) is 1. The molecule has 4 nitrogen and oxygen atoms in total. The highest BCUT2D eigenvalue weighted by Crippen LogP contribution is 2.05. The Morgan fingerprint density at radius 2 is 2.13 bits per heavy atom.